The van der Waals surface area contributed by atoms with Gasteiger partial charge in [-0.05, 0) is 55.9 Å². The molecular weight excluding hydrogens is 364 g/mol. The smallest absolute Gasteiger partial charge is 0.259 e. The Morgan fingerprint density at radius 3 is 2.59 bits per heavy atom. The van der Waals surface area contributed by atoms with Gasteiger partial charge >= 0.3 is 0 Å². The van der Waals surface area contributed by atoms with Crippen LogP contribution in [0.15, 0.2) is 41.1 Å². The molecule has 0 bridgehead atoms. The fraction of sp³-hybridized carbons (Fsp3) is 0.400. The molecule has 1 saturated carbocycles. The van der Waals surface area contributed by atoms with Crippen molar-refractivity contribution in [3.8, 4) is 0 Å². The molecule has 142 valence electrons. The largest absolute Gasteiger partial charge is 0.361 e. The molecular formula is C20H23ClN4O2. The quantitative estimate of drug-likeness (QED) is 0.764. The number of amides is 1. The number of aryl methyl sites for hydroxylation is 1. The molecule has 1 aromatic carbocycles. The molecule has 1 saturated heterocycles. The predicted octanol–water partition coefficient (Wildman–Crippen LogP) is 3.85. The number of aromatic nitrogens is 1. The number of halogens is 1. The highest BCUT2D eigenvalue weighted by Gasteiger charge is 2.35. The fourth-order valence-corrected chi connectivity index (χ4v) is 4.10. The molecule has 1 aromatic heterocycles. The first-order valence-corrected chi connectivity index (χ1v) is 9.68. The highest BCUT2D eigenvalue weighted by Crippen LogP contribution is 2.37. The van der Waals surface area contributed by atoms with Crippen molar-refractivity contribution in [3.05, 3.63) is 53.0 Å². The lowest BCUT2D eigenvalue weighted by molar-refractivity contribution is -0.111. The summed E-state index contributed by atoms with van der Waals surface area (Å²) in [5.41, 5.74) is 4.91. The number of hydrogen-bond donors (Lipinski definition) is 2. The van der Waals surface area contributed by atoms with Gasteiger partial charge in [-0.1, -0.05) is 23.2 Å². The minimum Gasteiger partial charge on any atom is -0.361 e. The Labute approximate surface area is 163 Å². The fourth-order valence-electron chi connectivity index (χ4n) is 3.98. The number of rotatable bonds is 5. The number of carbonyl (C=O) groups is 1. The first kappa shape index (κ1) is 18.1. The SMILES string of the molecule is Cc1cc(/C(=C/NN2CC3CCCC3C2)C(=O)Nc2ccc(Cl)cc2)no1. The summed E-state index contributed by atoms with van der Waals surface area (Å²) >= 11 is 5.91. The maximum absolute atomic E-state index is 12.9. The summed E-state index contributed by atoms with van der Waals surface area (Å²) in [6.07, 6.45) is 5.67. The predicted molar refractivity (Wildman–Crippen MR) is 105 cm³/mol. The number of carbonyl (C=O) groups excluding carboxylic acids is 1. The van der Waals surface area contributed by atoms with Gasteiger partial charge in [-0.25, -0.2) is 5.01 Å². The minimum atomic E-state index is -0.252. The molecule has 1 aliphatic carbocycles. The van der Waals surface area contributed by atoms with Crippen LogP contribution in [0.3, 0.4) is 0 Å². The number of nitrogens with one attached hydrogen (secondary N) is 2. The van der Waals surface area contributed by atoms with Gasteiger partial charge in [-0.15, -0.1) is 0 Å². The number of nitrogens with zero attached hydrogens (tertiary/aromatic N) is 2. The van der Waals surface area contributed by atoms with Gasteiger partial charge in [0.1, 0.15) is 11.5 Å². The van der Waals surface area contributed by atoms with Gasteiger partial charge in [0.25, 0.3) is 5.91 Å². The number of hydrogen-bond acceptors (Lipinski definition) is 5. The van der Waals surface area contributed by atoms with Gasteiger partial charge in [0, 0.05) is 36.1 Å². The maximum Gasteiger partial charge on any atom is 0.259 e. The first-order chi connectivity index (χ1) is 13.1. The van der Waals surface area contributed by atoms with Gasteiger partial charge in [0.05, 0.1) is 5.57 Å². The molecule has 2 aliphatic rings. The highest BCUT2D eigenvalue weighted by molar-refractivity contribution is 6.30. The van der Waals surface area contributed by atoms with Crippen molar-refractivity contribution in [1.82, 2.24) is 15.6 Å². The van der Waals surface area contributed by atoms with Crippen molar-refractivity contribution in [2.45, 2.75) is 26.2 Å². The van der Waals surface area contributed by atoms with Crippen LogP contribution in [-0.4, -0.2) is 29.2 Å². The van der Waals surface area contributed by atoms with Gasteiger partial charge in [0.15, 0.2) is 0 Å². The van der Waals surface area contributed by atoms with E-state index in [-0.39, 0.29) is 5.91 Å². The van der Waals surface area contributed by atoms with Crippen molar-refractivity contribution in [1.29, 1.82) is 0 Å². The zero-order valence-corrected chi connectivity index (χ0v) is 16.0. The van der Waals surface area contributed by atoms with Gasteiger partial charge in [0.2, 0.25) is 0 Å². The van der Waals surface area contributed by atoms with Crippen LogP contribution in [0.2, 0.25) is 5.02 Å². The third-order valence-electron chi connectivity index (χ3n) is 5.37. The zero-order valence-electron chi connectivity index (χ0n) is 15.2. The maximum atomic E-state index is 12.9. The van der Waals surface area contributed by atoms with Gasteiger partial charge in [-0.3, -0.25) is 4.79 Å². The molecule has 1 aliphatic heterocycles. The van der Waals surface area contributed by atoms with E-state index >= 15 is 0 Å². The molecule has 1 amide bonds. The lowest BCUT2D eigenvalue weighted by Crippen LogP contribution is -2.33. The average molecular weight is 387 g/mol. The number of benzene rings is 1. The lowest BCUT2D eigenvalue weighted by atomic mass is 10.0. The van der Waals surface area contributed by atoms with E-state index in [2.05, 4.69) is 20.9 Å². The second-order valence-corrected chi connectivity index (χ2v) is 7.76. The summed E-state index contributed by atoms with van der Waals surface area (Å²) < 4.78 is 5.16. The molecule has 7 heteroatoms. The van der Waals surface area contributed by atoms with E-state index in [0.29, 0.717) is 27.7 Å². The summed E-state index contributed by atoms with van der Waals surface area (Å²) in [5, 5.41) is 9.71. The topological polar surface area (TPSA) is 70.4 Å². The van der Waals surface area contributed by atoms with Crippen molar-refractivity contribution in [2.24, 2.45) is 11.8 Å². The van der Waals surface area contributed by atoms with Crippen LogP contribution in [0.5, 0.6) is 0 Å². The summed E-state index contributed by atoms with van der Waals surface area (Å²) in [4.78, 5) is 12.9. The molecule has 2 heterocycles. The zero-order chi connectivity index (χ0) is 18.8. The third-order valence-corrected chi connectivity index (χ3v) is 5.62. The third kappa shape index (κ3) is 4.17. The molecule has 2 aromatic rings. The number of anilines is 1. The Bertz CT molecular complexity index is 834. The lowest BCUT2D eigenvalue weighted by Gasteiger charge is -2.17. The first-order valence-electron chi connectivity index (χ1n) is 9.30. The van der Waals surface area contributed by atoms with Crippen LogP contribution in [0.4, 0.5) is 5.69 Å². The summed E-state index contributed by atoms with van der Waals surface area (Å²) in [6.45, 7) is 3.84. The Morgan fingerprint density at radius 1 is 1.26 bits per heavy atom. The molecule has 6 nitrogen and oxygen atoms in total. The van der Waals surface area contributed by atoms with Crippen LogP contribution >= 0.6 is 11.6 Å². The Morgan fingerprint density at radius 2 is 1.96 bits per heavy atom. The van der Waals surface area contributed by atoms with Crippen LogP contribution in [0, 0.1) is 18.8 Å². The van der Waals surface area contributed by atoms with Crippen LogP contribution in [0.1, 0.15) is 30.7 Å². The molecule has 0 radical (unpaired) electrons. The summed E-state index contributed by atoms with van der Waals surface area (Å²) in [7, 11) is 0. The number of fused-ring (bicyclic) bond motifs is 1. The molecule has 27 heavy (non-hydrogen) atoms. The number of hydrazine groups is 1. The summed E-state index contributed by atoms with van der Waals surface area (Å²) in [6, 6.07) is 8.76. The Kier molecular flexibility index (Phi) is 5.18. The normalized spacial score (nSPS) is 22.7. The van der Waals surface area contributed by atoms with Crippen LogP contribution < -0.4 is 10.7 Å². The standard InChI is InChI=1S/C20H23ClN4O2/c1-13-9-19(24-27-13)18(20(26)23-17-7-5-16(21)6-8-17)10-22-25-11-14-3-2-4-15(14)12-25/h5-10,14-15,22H,2-4,11-12H2,1H3,(H,23,26)/b18-10-. The van der Waals surface area contributed by atoms with Gasteiger partial charge in [-0.2, -0.15) is 0 Å². The monoisotopic (exact) mass is 386 g/mol. The van der Waals surface area contributed by atoms with E-state index in [1.54, 1.807) is 43.5 Å². The molecule has 0 spiro atoms. The van der Waals surface area contributed by atoms with Crippen LogP contribution in [-0.2, 0) is 4.79 Å². The molecule has 2 N–H and O–H groups in total. The van der Waals surface area contributed by atoms with Crippen molar-refractivity contribution in [2.75, 3.05) is 18.4 Å². The second kappa shape index (κ2) is 7.74. The molecule has 4 rings (SSSR count). The molecule has 2 unspecified atom stereocenters. The van der Waals surface area contributed by atoms with E-state index in [1.807, 2.05) is 0 Å². The van der Waals surface area contributed by atoms with E-state index in [9.17, 15) is 4.79 Å². The van der Waals surface area contributed by atoms with Crippen molar-refractivity contribution < 1.29 is 9.32 Å². The van der Waals surface area contributed by atoms with Gasteiger partial charge < -0.3 is 15.3 Å². The summed E-state index contributed by atoms with van der Waals surface area (Å²) in [5.74, 6) is 1.95. The van der Waals surface area contributed by atoms with E-state index in [0.717, 1.165) is 24.9 Å². The average Bonchev–Trinajstić information content (AvgIpc) is 3.34. The molecule has 2 atom stereocenters. The Hall–Kier alpha value is -2.31. The Balaban J connectivity index is 1.50. The van der Waals surface area contributed by atoms with E-state index in [1.165, 1.54) is 19.3 Å². The van der Waals surface area contributed by atoms with Crippen LogP contribution in [0.25, 0.3) is 5.57 Å². The van der Waals surface area contributed by atoms with E-state index in [4.69, 9.17) is 16.1 Å². The van der Waals surface area contributed by atoms with Crippen molar-refractivity contribution >= 4 is 28.8 Å². The molecule has 2 fully saturated rings. The highest BCUT2D eigenvalue weighted by atomic mass is 35.5. The van der Waals surface area contributed by atoms with E-state index < -0.39 is 0 Å². The minimum absolute atomic E-state index is 0.252. The second-order valence-electron chi connectivity index (χ2n) is 7.33. The van der Waals surface area contributed by atoms with Crippen molar-refractivity contribution in [3.63, 3.8) is 0 Å².